The number of benzene rings is 4. The number of aromatic nitrogens is 4. The second kappa shape index (κ2) is 13.4. The fourth-order valence-corrected chi connectivity index (χ4v) is 16.6. The summed E-state index contributed by atoms with van der Waals surface area (Å²) in [5, 5.41) is 3.14. The first-order chi connectivity index (χ1) is 25.1. The van der Waals surface area contributed by atoms with E-state index in [2.05, 4.69) is 64.1 Å². The topological polar surface area (TPSA) is 101 Å². The number of unbranched alkanes of at least 4 members (excludes halogenated alkanes) is 6. The summed E-state index contributed by atoms with van der Waals surface area (Å²) in [7, 11) is -2.26. The molecule has 8 nitrogen and oxygen atoms in total. The molecule has 0 saturated carbocycles. The highest BCUT2D eigenvalue weighted by molar-refractivity contribution is 7.58. The third-order valence-electron chi connectivity index (χ3n) is 11.2. The zero-order chi connectivity index (χ0) is 34.7. The van der Waals surface area contributed by atoms with Gasteiger partial charge in [0.25, 0.3) is 0 Å². The van der Waals surface area contributed by atoms with E-state index in [1.54, 1.807) is 10.4 Å². The molecule has 0 fully saturated rings. The Bertz CT molecular complexity index is 2370. The highest BCUT2D eigenvalue weighted by Crippen LogP contribution is 2.50. The summed E-state index contributed by atoms with van der Waals surface area (Å²) in [5.41, 5.74) is 16.9. The van der Waals surface area contributed by atoms with Crippen LogP contribution in [0.5, 0.6) is 0 Å². The molecular weight excluding hydrogens is 725 g/mol. The fourth-order valence-electron chi connectivity index (χ4n) is 8.57. The minimum absolute atomic E-state index is 0.940. The number of rotatable bonds is 12. The summed E-state index contributed by atoms with van der Waals surface area (Å²) < 4.78 is 38.3. The number of hydrogen-bond donors (Lipinski definition) is 0. The molecule has 3 aliphatic rings. The molecule has 51 heavy (non-hydrogen) atoms. The van der Waals surface area contributed by atoms with Crippen molar-refractivity contribution in [3.8, 4) is 33.4 Å². The van der Waals surface area contributed by atoms with Gasteiger partial charge in [-0.15, -0.1) is 0 Å². The molecule has 2 aromatic heterocycles. The molecule has 0 aliphatic carbocycles. The van der Waals surface area contributed by atoms with Crippen molar-refractivity contribution in [1.29, 1.82) is 0 Å². The molecule has 258 valence electrons. The van der Waals surface area contributed by atoms with Gasteiger partial charge in [0.15, 0.2) is 0 Å². The quantitative estimate of drug-likeness (QED) is 0.0913. The van der Waals surface area contributed by atoms with E-state index in [9.17, 15) is 0 Å². The predicted molar refractivity (Wildman–Crippen MR) is 220 cm³/mol. The van der Waals surface area contributed by atoms with Crippen LogP contribution in [-0.2, 0) is 22.7 Å². The zero-order valence-electron chi connectivity index (χ0n) is 29.2. The van der Waals surface area contributed by atoms with Gasteiger partial charge in [0, 0.05) is 22.3 Å². The maximum Gasteiger partial charge on any atom is 0.119 e. The summed E-state index contributed by atoms with van der Waals surface area (Å²) >= 11 is 5.11. The predicted octanol–water partition coefficient (Wildman–Crippen LogP) is 11.8. The van der Waals surface area contributed by atoms with Crippen molar-refractivity contribution in [1.82, 2.24) is 17.5 Å². The van der Waals surface area contributed by atoms with Gasteiger partial charge in [-0.2, -0.15) is 34.9 Å². The zero-order valence-corrected chi connectivity index (χ0v) is 33.5. The SMILES string of the molecule is CCCCCC[Si]1(CCCCCC)c2cc(-c3c4c(c(C)c5nsnc35)N=S=N4)ccc2-c2ccc(-c3c4c(c(C)c5nsnc35)N=S=N4)cc21. The molecule has 6 aromatic rings. The Morgan fingerprint density at radius 3 is 1.39 bits per heavy atom. The van der Waals surface area contributed by atoms with Crippen LogP contribution in [0.25, 0.3) is 55.4 Å². The van der Waals surface area contributed by atoms with Gasteiger partial charge in [0.2, 0.25) is 0 Å². The lowest BCUT2D eigenvalue weighted by Gasteiger charge is -2.31. The Kier molecular flexibility index (Phi) is 8.74. The van der Waals surface area contributed by atoms with Crippen LogP contribution in [0, 0.1) is 13.8 Å². The average Bonchev–Trinajstić information content (AvgIpc) is 4.00. The van der Waals surface area contributed by atoms with Crippen molar-refractivity contribution in [3.63, 3.8) is 0 Å². The smallest absolute Gasteiger partial charge is 0.119 e. The first-order valence-electron chi connectivity index (χ1n) is 18.1. The summed E-state index contributed by atoms with van der Waals surface area (Å²) in [4.78, 5) is 0. The number of nitrogens with zero attached hydrogens (tertiary/aromatic N) is 8. The third-order valence-corrected chi connectivity index (χ3v) is 18.6. The van der Waals surface area contributed by atoms with Crippen LogP contribution in [0.1, 0.15) is 76.3 Å². The van der Waals surface area contributed by atoms with Gasteiger partial charge < -0.3 is 0 Å². The number of aryl methyl sites for hydroxylation is 2. The molecule has 0 N–H and O–H groups in total. The van der Waals surface area contributed by atoms with E-state index in [1.165, 1.54) is 132 Å². The Morgan fingerprint density at radius 1 is 0.510 bits per heavy atom. The molecule has 0 unspecified atom stereocenters. The minimum atomic E-state index is -2.26. The molecule has 3 aliphatic heterocycles. The summed E-state index contributed by atoms with van der Waals surface area (Å²) in [6.07, 6.45) is 10.1. The van der Waals surface area contributed by atoms with E-state index in [0.29, 0.717) is 0 Å². The maximum atomic E-state index is 4.85. The molecule has 0 saturated heterocycles. The summed E-state index contributed by atoms with van der Waals surface area (Å²) in [5.74, 6) is 0. The van der Waals surface area contributed by atoms with Crippen LogP contribution in [0.15, 0.2) is 53.8 Å². The summed E-state index contributed by atoms with van der Waals surface area (Å²) in [6, 6.07) is 17.0. The van der Waals surface area contributed by atoms with Crippen LogP contribution in [0.2, 0.25) is 12.1 Å². The van der Waals surface area contributed by atoms with Crippen molar-refractivity contribution >= 4 is 109 Å². The molecule has 0 radical (unpaired) electrons. The molecule has 0 amide bonds. The molecule has 9 rings (SSSR count). The molecule has 0 spiro atoms. The van der Waals surface area contributed by atoms with Gasteiger partial charge in [0.05, 0.1) is 46.2 Å². The molecule has 5 heterocycles. The van der Waals surface area contributed by atoms with Crippen LogP contribution in [0.4, 0.5) is 22.7 Å². The van der Waals surface area contributed by atoms with E-state index in [1.807, 2.05) is 0 Å². The maximum absolute atomic E-state index is 4.85. The van der Waals surface area contributed by atoms with E-state index < -0.39 is 8.07 Å². The van der Waals surface area contributed by atoms with Crippen LogP contribution in [0.3, 0.4) is 0 Å². The fraction of sp³-hybridized carbons (Fsp3) is 0.368. The van der Waals surface area contributed by atoms with Crippen LogP contribution in [-0.4, -0.2) is 25.6 Å². The molecule has 4 aromatic carbocycles. The lowest BCUT2D eigenvalue weighted by molar-refractivity contribution is 0.684. The van der Waals surface area contributed by atoms with Gasteiger partial charge >= 0.3 is 0 Å². The average molecular weight is 763 g/mol. The van der Waals surface area contributed by atoms with E-state index in [-0.39, 0.29) is 0 Å². The first-order valence-corrected chi connectivity index (χ1v) is 23.4. The van der Waals surface area contributed by atoms with Gasteiger partial charge in [-0.25, -0.2) is 0 Å². The Balaban J connectivity index is 1.26. The van der Waals surface area contributed by atoms with Gasteiger partial charge in [-0.3, -0.25) is 0 Å². The van der Waals surface area contributed by atoms with Crippen molar-refractivity contribution in [2.75, 3.05) is 0 Å². The highest BCUT2D eigenvalue weighted by Gasteiger charge is 2.45. The third kappa shape index (κ3) is 5.21. The normalized spacial score (nSPS) is 14.6. The summed E-state index contributed by atoms with van der Waals surface area (Å²) in [6.45, 7) is 8.81. The van der Waals surface area contributed by atoms with Gasteiger partial charge in [-0.1, -0.05) is 102 Å². The second-order valence-electron chi connectivity index (χ2n) is 14.1. The molecule has 13 heteroatoms. The standard InChI is InChI=1S/C38H38N8S4Si/c1-5-7-9-11-17-51(18-12-10-8-6-2)27-19-23(29-35-31(39-47-43-35)21(3)32-36(29)44-48-40-32)13-15-25(27)26-16-14-24(20-28(26)51)30-37-33(41-49-45-37)22(4)34-38(30)46-50-42-34/h13-16,19-20H,5-12,17-18H2,1-4H3. The Morgan fingerprint density at radius 2 is 0.941 bits per heavy atom. The van der Waals surface area contributed by atoms with Crippen LogP contribution >= 0.6 is 23.5 Å². The Hall–Kier alpha value is -3.62. The van der Waals surface area contributed by atoms with Crippen molar-refractivity contribution < 1.29 is 0 Å². The molecular formula is C38H38N8S4Si. The second-order valence-corrected chi connectivity index (χ2v) is 20.4. The Labute approximate surface area is 314 Å². The lowest BCUT2D eigenvalue weighted by Crippen LogP contribution is -2.55. The van der Waals surface area contributed by atoms with Gasteiger partial charge in [0.1, 0.15) is 52.9 Å². The van der Waals surface area contributed by atoms with Crippen LogP contribution < -0.4 is 10.4 Å². The number of hydrogen-bond acceptors (Lipinski definition) is 10. The van der Waals surface area contributed by atoms with E-state index in [0.717, 1.165) is 67.1 Å². The highest BCUT2D eigenvalue weighted by atomic mass is 32.1. The van der Waals surface area contributed by atoms with Gasteiger partial charge in [-0.05, 0) is 58.6 Å². The molecule has 0 atom stereocenters. The van der Waals surface area contributed by atoms with E-state index in [4.69, 9.17) is 34.9 Å². The largest absolute Gasteiger partial charge is 0.173 e. The van der Waals surface area contributed by atoms with Crippen molar-refractivity contribution in [3.05, 3.63) is 47.5 Å². The lowest BCUT2D eigenvalue weighted by atomic mass is 9.94. The van der Waals surface area contributed by atoms with E-state index >= 15 is 0 Å². The number of fused-ring (bicyclic) bond motifs is 7. The monoisotopic (exact) mass is 762 g/mol. The minimum Gasteiger partial charge on any atom is -0.173 e. The van der Waals surface area contributed by atoms with Crippen molar-refractivity contribution in [2.24, 2.45) is 17.5 Å². The van der Waals surface area contributed by atoms with Crippen molar-refractivity contribution in [2.45, 2.75) is 91.1 Å². The first kappa shape index (κ1) is 33.2. The molecule has 0 bridgehead atoms.